The molecular weight excluding hydrogens is 428 g/mol. The van der Waals surface area contributed by atoms with E-state index in [1.807, 2.05) is 19.1 Å². The number of hydrogen-bond donors (Lipinski definition) is 1. The molecule has 1 saturated carbocycles. The highest BCUT2D eigenvalue weighted by Crippen LogP contribution is 2.39. The van der Waals surface area contributed by atoms with Crippen molar-refractivity contribution in [1.82, 2.24) is 4.98 Å². The smallest absolute Gasteiger partial charge is 0.228 e. The van der Waals surface area contributed by atoms with E-state index in [0.29, 0.717) is 11.7 Å². The average molecular weight is 453 g/mol. The Hall–Kier alpha value is -3.55. The number of amides is 1. The lowest BCUT2D eigenvalue weighted by Gasteiger charge is -2.32. The maximum atomic E-state index is 13.7. The molecular formula is C25H25F2N3O3. The van der Waals surface area contributed by atoms with Crippen LogP contribution in [0.3, 0.4) is 0 Å². The summed E-state index contributed by atoms with van der Waals surface area (Å²) in [6, 6.07) is 9.90. The van der Waals surface area contributed by atoms with Crippen molar-refractivity contribution in [3.8, 4) is 11.5 Å². The third-order valence-corrected chi connectivity index (χ3v) is 6.24. The molecule has 1 amide bonds. The van der Waals surface area contributed by atoms with Crippen LogP contribution in [0.15, 0.2) is 61.1 Å². The number of carbonyl (C=O) groups excluding carboxylic acids is 1. The van der Waals surface area contributed by atoms with Crippen LogP contribution in [0.25, 0.3) is 0 Å². The number of carbonyl (C=O) groups is 1. The van der Waals surface area contributed by atoms with Crippen molar-refractivity contribution in [1.29, 1.82) is 0 Å². The zero-order valence-electron chi connectivity index (χ0n) is 18.2. The van der Waals surface area contributed by atoms with Crippen LogP contribution in [-0.2, 0) is 4.79 Å². The van der Waals surface area contributed by atoms with Crippen molar-refractivity contribution in [3.63, 3.8) is 0 Å². The largest absolute Gasteiger partial charge is 0.619 e. The minimum absolute atomic E-state index is 0.112. The number of aromatic nitrogens is 2. The van der Waals surface area contributed by atoms with Crippen molar-refractivity contribution in [2.75, 3.05) is 5.32 Å². The van der Waals surface area contributed by atoms with Gasteiger partial charge in [0.2, 0.25) is 5.91 Å². The van der Waals surface area contributed by atoms with Gasteiger partial charge in [-0.2, -0.15) is 4.73 Å². The lowest BCUT2D eigenvalue weighted by molar-refractivity contribution is -0.605. The number of rotatable bonds is 6. The molecule has 0 radical (unpaired) electrons. The number of benzene rings is 1. The van der Waals surface area contributed by atoms with Gasteiger partial charge in [0.25, 0.3) is 0 Å². The molecule has 33 heavy (non-hydrogen) atoms. The summed E-state index contributed by atoms with van der Waals surface area (Å²) < 4.78 is 32.9. The maximum absolute atomic E-state index is 13.7. The van der Waals surface area contributed by atoms with Crippen LogP contribution in [0.2, 0.25) is 0 Å². The second kappa shape index (κ2) is 9.94. The van der Waals surface area contributed by atoms with Gasteiger partial charge in [-0.15, -0.1) is 0 Å². The molecule has 1 fully saturated rings. The summed E-state index contributed by atoms with van der Waals surface area (Å²) in [7, 11) is 0. The molecule has 2 heterocycles. The number of hydrogen-bond acceptors (Lipinski definition) is 4. The van der Waals surface area contributed by atoms with E-state index in [4.69, 9.17) is 4.74 Å². The summed E-state index contributed by atoms with van der Waals surface area (Å²) in [6.45, 7) is 1.92. The van der Waals surface area contributed by atoms with E-state index in [0.717, 1.165) is 48.1 Å². The van der Waals surface area contributed by atoms with Gasteiger partial charge in [0, 0.05) is 24.1 Å². The zero-order valence-corrected chi connectivity index (χ0v) is 18.2. The third kappa shape index (κ3) is 5.63. The summed E-state index contributed by atoms with van der Waals surface area (Å²) in [5, 5.41) is 14.1. The topological polar surface area (TPSA) is 78.2 Å². The number of ether oxygens (including phenoxy) is 1. The summed E-state index contributed by atoms with van der Waals surface area (Å²) >= 11 is 0. The molecule has 0 aliphatic heterocycles. The molecule has 8 heteroatoms. The van der Waals surface area contributed by atoms with E-state index < -0.39 is 11.6 Å². The standard InChI is InChI=1S/C25H25F2N3O3/c1-16(18-3-2-4-19(13-18)17-9-11-30(32)12-10-17)25(31)29-24-8-6-21(15-28-24)33-23-7-5-20(26)14-22(23)27/h5-12,14-16,18-19H,2-4,13H2,1H3,(H,28,29,31)/t16-,18-,19-/m1/s1. The maximum Gasteiger partial charge on any atom is 0.228 e. The molecule has 1 aromatic carbocycles. The summed E-state index contributed by atoms with van der Waals surface area (Å²) in [6.07, 6.45) is 8.34. The van der Waals surface area contributed by atoms with E-state index >= 15 is 0 Å². The first-order valence-corrected chi connectivity index (χ1v) is 11.0. The van der Waals surface area contributed by atoms with E-state index in [1.54, 1.807) is 12.1 Å². The number of halogens is 2. The summed E-state index contributed by atoms with van der Waals surface area (Å²) in [5.74, 6) is -0.724. The van der Waals surface area contributed by atoms with E-state index in [-0.39, 0.29) is 29.2 Å². The highest BCUT2D eigenvalue weighted by Gasteiger charge is 2.31. The molecule has 1 aliphatic rings. The Morgan fingerprint density at radius 3 is 2.67 bits per heavy atom. The molecule has 0 saturated heterocycles. The van der Waals surface area contributed by atoms with Crippen molar-refractivity contribution in [3.05, 3.63) is 83.5 Å². The fourth-order valence-electron chi connectivity index (χ4n) is 4.33. The van der Waals surface area contributed by atoms with Crippen LogP contribution >= 0.6 is 0 Å². The van der Waals surface area contributed by atoms with Crippen molar-refractivity contribution in [2.24, 2.45) is 11.8 Å². The molecule has 0 spiro atoms. The summed E-state index contributed by atoms with van der Waals surface area (Å²) in [5.41, 5.74) is 1.13. The van der Waals surface area contributed by atoms with Gasteiger partial charge in [-0.1, -0.05) is 13.3 Å². The Labute approximate surface area is 190 Å². The van der Waals surface area contributed by atoms with E-state index in [1.165, 1.54) is 24.7 Å². The fourth-order valence-corrected chi connectivity index (χ4v) is 4.33. The number of anilines is 1. The molecule has 6 nitrogen and oxygen atoms in total. The van der Waals surface area contributed by atoms with Crippen LogP contribution in [0.5, 0.6) is 11.5 Å². The lowest BCUT2D eigenvalue weighted by Crippen LogP contribution is -2.30. The Bertz CT molecular complexity index is 1110. The normalized spacial score (nSPS) is 19.0. The second-order valence-electron chi connectivity index (χ2n) is 8.45. The molecule has 1 N–H and O–H groups in total. The predicted octanol–water partition coefficient (Wildman–Crippen LogP) is 5.33. The van der Waals surface area contributed by atoms with Crippen LogP contribution in [0.4, 0.5) is 14.6 Å². The van der Waals surface area contributed by atoms with Crippen LogP contribution < -0.4 is 14.8 Å². The van der Waals surface area contributed by atoms with Gasteiger partial charge < -0.3 is 15.3 Å². The monoisotopic (exact) mass is 453 g/mol. The summed E-state index contributed by atoms with van der Waals surface area (Å²) in [4.78, 5) is 17.0. The van der Waals surface area contributed by atoms with Crippen molar-refractivity contribution < 1.29 is 23.0 Å². The number of nitrogens with one attached hydrogen (secondary N) is 1. The molecule has 172 valence electrons. The Balaban J connectivity index is 1.34. The SMILES string of the molecule is C[C@@H](C(=O)Nc1ccc(Oc2ccc(F)cc2F)cn1)[C@@H]1CCC[C@@H](c2cc[n+]([O-])cc2)C1. The second-order valence-corrected chi connectivity index (χ2v) is 8.45. The van der Waals surface area contributed by atoms with Gasteiger partial charge in [-0.05, 0) is 60.9 Å². The van der Waals surface area contributed by atoms with Crippen molar-refractivity contribution in [2.45, 2.75) is 38.5 Å². The minimum Gasteiger partial charge on any atom is -0.619 e. The molecule has 0 bridgehead atoms. The van der Waals surface area contributed by atoms with Gasteiger partial charge in [0.15, 0.2) is 24.0 Å². The predicted molar refractivity (Wildman–Crippen MR) is 119 cm³/mol. The first kappa shape index (κ1) is 22.6. The Morgan fingerprint density at radius 2 is 1.97 bits per heavy atom. The average Bonchev–Trinajstić information content (AvgIpc) is 2.82. The zero-order chi connectivity index (χ0) is 23.4. The van der Waals surface area contributed by atoms with E-state index in [9.17, 15) is 18.8 Å². The van der Waals surface area contributed by atoms with E-state index in [2.05, 4.69) is 10.3 Å². The lowest BCUT2D eigenvalue weighted by atomic mass is 9.73. The highest BCUT2D eigenvalue weighted by molar-refractivity contribution is 5.91. The molecule has 3 aromatic rings. The highest BCUT2D eigenvalue weighted by atomic mass is 19.1. The number of nitrogens with zero attached hydrogens (tertiary/aromatic N) is 2. The molecule has 4 rings (SSSR count). The third-order valence-electron chi connectivity index (χ3n) is 6.24. The first-order valence-electron chi connectivity index (χ1n) is 11.0. The molecule has 1 aliphatic carbocycles. The molecule has 0 unspecified atom stereocenters. The van der Waals surface area contributed by atoms with Gasteiger partial charge in [-0.3, -0.25) is 4.79 Å². The van der Waals surface area contributed by atoms with Crippen LogP contribution in [-0.4, -0.2) is 10.9 Å². The molecule has 3 atom stereocenters. The Morgan fingerprint density at radius 1 is 1.18 bits per heavy atom. The van der Waals surface area contributed by atoms with Crippen LogP contribution in [0.1, 0.15) is 44.1 Å². The van der Waals surface area contributed by atoms with Gasteiger partial charge in [0.05, 0.1) is 6.20 Å². The van der Waals surface area contributed by atoms with Gasteiger partial charge in [-0.25, -0.2) is 13.8 Å². The minimum atomic E-state index is -0.810. The van der Waals surface area contributed by atoms with Gasteiger partial charge >= 0.3 is 0 Å². The molecule has 2 aromatic heterocycles. The van der Waals surface area contributed by atoms with Crippen molar-refractivity contribution >= 4 is 11.7 Å². The first-order chi connectivity index (χ1) is 15.9. The number of pyridine rings is 2. The fraction of sp³-hybridized carbons (Fsp3) is 0.320. The van der Waals surface area contributed by atoms with Crippen LogP contribution in [0, 0.1) is 28.7 Å². The quantitative estimate of drug-likeness (QED) is 0.404. The Kier molecular flexibility index (Phi) is 6.82. The van der Waals surface area contributed by atoms with Gasteiger partial charge in [0.1, 0.15) is 17.4 Å².